The number of allylic oxidation sites excluding steroid dienone is 3. The Hall–Kier alpha value is -1.89. The van der Waals surface area contributed by atoms with Crippen molar-refractivity contribution >= 4 is 19.8 Å². The Balaban J connectivity index is 1.72. The standard InChI is InChI=1S/C46H82NO11P/c1-6-8-10-11-12-13-14-15-16-17-18-19-20-21-26-30-45(49)53-37-40(38-55-59(51,52)54-35-34-47(3,4)5)56-46(50)31-27-23-22-25-29-41-42(44-36-43(41)57-58-44)33-32-39(48)28-24-9-7-2/h9,22,24-25,32-33,39-44,48H,6-8,10-21,23,26-31,34-38H2,1-5H3/p+1/b24-9-,25-22-,33-32+. The zero-order chi connectivity index (χ0) is 43.2. The number of rotatable bonds is 37. The van der Waals surface area contributed by atoms with Crippen molar-refractivity contribution in [2.75, 3.05) is 47.5 Å². The highest BCUT2D eigenvalue weighted by molar-refractivity contribution is 7.47. The van der Waals surface area contributed by atoms with Crippen LogP contribution < -0.4 is 0 Å². The Morgan fingerprint density at radius 3 is 2.00 bits per heavy atom. The molecular formula is C46H83NO11P+. The molecule has 1 heterocycles. The van der Waals surface area contributed by atoms with E-state index in [-0.39, 0.29) is 50.1 Å². The van der Waals surface area contributed by atoms with Crippen molar-refractivity contribution in [3.8, 4) is 0 Å². The molecule has 2 bridgehead atoms. The molecule has 7 atom stereocenters. The predicted molar refractivity (Wildman–Crippen MR) is 233 cm³/mol. The average Bonchev–Trinajstić information content (AvgIpc) is 3.79. The predicted octanol–water partition coefficient (Wildman–Crippen LogP) is 10.3. The SMILES string of the molecule is CC/C=C\CC(O)/C=C/C1C2CC(OO2)C1C/C=C\CCCC(=O)OC(COC(=O)CCCCCCCCCCCCCCCCC)COP(=O)(O)OCC[N+](C)(C)C. The van der Waals surface area contributed by atoms with Crippen molar-refractivity contribution in [3.05, 3.63) is 36.5 Å². The number of unbranched alkanes of at least 4 members (excludes halogenated alkanes) is 15. The van der Waals surface area contributed by atoms with Gasteiger partial charge in [0.1, 0.15) is 25.9 Å². The highest BCUT2D eigenvalue weighted by Crippen LogP contribution is 2.45. The summed E-state index contributed by atoms with van der Waals surface area (Å²) in [5, 5.41) is 10.3. The van der Waals surface area contributed by atoms with Gasteiger partial charge in [0.25, 0.3) is 0 Å². The first-order valence-corrected chi connectivity index (χ1v) is 24.6. The molecule has 342 valence electrons. The molecule has 0 amide bonds. The minimum absolute atomic E-state index is 0.00367. The lowest BCUT2D eigenvalue weighted by atomic mass is 9.89. The summed E-state index contributed by atoms with van der Waals surface area (Å²) in [7, 11) is 1.38. The number of aliphatic hydroxyl groups is 1. The lowest BCUT2D eigenvalue weighted by Crippen LogP contribution is -2.37. The molecular weight excluding hydrogens is 773 g/mol. The monoisotopic (exact) mass is 857 g/mol. The highest BCUT2D eigenvalue weighted by atomic mass is 31.2. The van der Waals surface area contributed by atoms with Crippen LogP contribution in [0.15, 0.2) is 36.5 Å². The fraction of sp³-hybridized carbons (Fsp3) is 0.826. The first-order chi connectivity index (χ1) is 28.3. The number of likely N-dealkylation sites (N-methyl/N-ethyl adjacent to an activating group) is 1. The third kappa shape index (κ3) is 26.9. The van der Waals surface area contributed by atoms with Gasteiger partial charge in [0.2, 0.25) is 0 Å². The first kappa shape index (κ1) is 53.2. The second-order valence-electron chi connectivity index (χ2n) is 17.5. The fourth-order valence-corrected chi connectivity index (χ4v) is 8.14. The number of aliphatic hydroxyl groups excluding tert-OH is 1. The van der Waals surface area contributed by atoms with Gasteiger partial charge in [0.05, 0.1) is 40.0 Å². The number of fused-ring (bicyclic) bond motifs is 2. The van der Waals surface area contributed by atoms with Crippen LogP contribution in [-0.4, -0.2) is 98.3 Å². The van der Waals surface area contributed by atoms with Gasteiger partial charge in [0.15, 0.2) is 6.10 Å². The Morgan fingerprint density at radius 2 is 1.37 bits per heavy atom. The minimum Gasteiger partial charge on any atom is -0.462 e. The van der Waals surface area contributed by atoms with Crippen LogP contribution in [0.4, 0.5) is 0 Å². The number of hydrogen-bond donors (Lipinski definition) is 2. The normalized spacial score (nSPS) is 21.5. The number of nitrogens with zero attached hydrogens (tertiary/aromatic N) is 1. The molecule has 0 radical (unpaired) electrons. The molecule has 2 fully saturated rings. The Labute approximate surface area is 357 Å². The minimum atomic E-state index is -4.42. The number of phosphoric ester groups is 1. The number of phosphoric acid groups is 1. The van der Waals surface area contributed by atoms with E-state index in [9.17, 15) is 24.2 Å². The maximum absolute atomic E-state index is 12.8. The molecule has 0 aromatic rings. The summed E-state index contributed by atoms with van der Waals surface area (Å²) in [4.78, 5) is 46.7. The molecule has 7 unspecified atom stereocenters. The summed E-state index contributed by atoms with van der Waals surface area (Å²) in [6, 6.07) is 0. The van der Waals surface area contributed by atoms with Crippen LogP contribution in [0.25, 0.3) is 0 Å². The van der Waals surface area contributed by atoms with Crippen molar-refractivity contribution in [1.82, 2.24) is 0 Å². The quantitative estimate of drug-likeness (QED) is 0.0154. The van der Waals surface area contributed by atoms with Crippen molar-refractivity contribution in [2.45, 2.75) is 186 Å². The number of hydrogen-bond acceptors (Lipinski definition) is 10. The Morgan fingerprint density at radius 1 is 0.763 bits per heavy atom. The van der Waals surface area contributed by atoms with Crippen molar-refractivity contribution in [1.29, 1.82) is 0 Å². The Kier molecular flexibility index (Phi) is 28.8. The summed E-state index contributed by atoms with van der Waals surface area (Å²) in [6.45, 7) is 4.08. The van der Waals surface area contributed by atoms with Gasteiger partial charge in [-0.2, -0.15) is 0 Å². The van der Waals surface area contributed by atoms with E-state index in [1.807, 2.05) is 45.4 Å². The van der Waals surface area contributed by atoms with Crippen LogP contribution >= 0.6 is 7.82 Å². The van der Waals surface area contributed by atoms with E-state index in [2.05, 4.69) is 26.0 Å². The van der Waals surface area contributed by atoms with E-state index in [0.717, 1.165) is 38.5 Å². The van der Waals surface area contributed by atoms with Gasteiger partial charge in [-0.25, -0.2) is 14.3 Å². The number of quaternary nitrogens is 1. The van der Waals surface area contributed by atoms with Crippen LogP contribution in [-0.2, 0) is 42.5 Å². The van der Waals surface area contributed by atoms with Crippen LogP contribution in [0.3, 0.4) is 0 Å². The third-order valence-corrected chi connectivity index (χ3v) is 12.0. The lowest BCUT2D eigenvalue weighted by Gasteiger charge is -2.27. The van der Waals surface area contributed by atoms with Gasteiger partial charge in [-0.15, -0.1) is 0 Å². The van der Waals surface area contributed by atoms with Crippen LogP contribution in [0.1, 0.15) is 162 Å². The molecule has 1 aliphatic carbocycles. The zero-order valence-corrected chi connectivity index (χ0v) is 38.4. The number of esters is 2. The summed E-state index contributed by atoms with van der Waals surface area (Å²) in [5.41, 5.74) is 0. The first-order valence-electron chi connectivity index (χ1n) is 23.1. The van der Waals surface area contributed by atoms with E-state index in [4.69, 9.17) is 28.3 Å². The fourth-order valence-electron chi connectivity index (χ4n) is 7.39. The summed E-state index contributed by atoms with van der Waals surface area (Å²) in [5.74, 6) is -0.512. The molecule has 59 heavy (non-hydrogen) atoms. The van der Waals surface area contributed by atoms with E-state index in [1.165, 1.54) is 77.0 Å². The molecule has 13 heteroatoms. The van der Waals surface area contributed by atoms with E-state index < -0.39 is 38.6 Å². The van der Waals surface area contributed by atoms with Crippen LogP contribution in [0.2, 0.25) is 0 Å². The molecule has 2 rings (SSSR count). The average molecular weight is 857 g/mol. The number of carbonyl (C=O) groups excluding carboxylic acids is 2. The molecule has 1 aliphatic heterocycles. The number of carbonyl (C=O) groups is 2. The second-order valence-corrected chi connectivity index (χ2v) is 19.0. The smallest absolute Gasteiger partial charge is 0.462 e. The van der Waals surface area contributed by atoms with Gasteiger partial charge in [-0.1, -0.05) is 140 Å². The molecule has 2 aliphatic rings. The molecule has 0 aromatic carbocycles. The summed E-state index contributed by atoms with van der Waals surface area (Å²) >= 11 is 0. The van der Waals surface area contributed by atoms with E-state index in [1.54, 1.807) is 0 Å². The third-order valence-electron chi connectivity index (χ3n) is 11.0. The van der Waals surface area contributed by atoms with E-state index >= 15 is 0 Å². The molecule has 0 aromatic heterocycles. The maximum atomic E-state index is 12.8. The van der Waals surface area contributed by atoms with Crippen LogP contribution in [0.5, 0.6) is 0 Å². The largest absolute Gasteiger partial charge is 0.472 e. The van der Waals surface area contributed by atoms with E-state index in [0.29, 0.717) is 30.3 Å². The van der Waals surface area contributed by atoms with Crippen molar-refractivity contribution in [3.63, 3.8) is 0 Å². The van der Waals surface area contributed by atoms with Gasteiger partial charge < -0.3 is 24.0 Å². The molecule has 1 saturated heterocycles. The van der Waals surface area contributed by atoms with Crippen molar-refractivity contribution < 1.29 is 56.9 Å². The molecule has 0 spiro atoms. The van der Waals surface area contributed by atoms with Gasteiger partial charge in [-0.3, -0.25) is 18.6 Å². The Bertz CT molecular complexity index is 1250. The summed E-state index contributed by atoms with van der Waals surface area (Å²) < 4.78 is 34.4. The van der Waals surface area contributed by atoms with Crippen LogP contribution in [0, 0.1) is 11.8 Å². The lowest BCUT2D eigenvalue weighted by molar-refractivity contribution is -0.870. The zero-order valence-electron chi connectivity index (χ0n) is 37.5. The maximum Gasteiger partial charge on any atom is 0.472 e. The second kappa shape index (κ2) is 31.9. The van der Waals surface area contributed by atoms with Gasteiger partial charge >= 0.3 is 19.8 Å². The highest BCUT2D eigenvalue weighted by Gasteiger charge is 2.49. The number of ether oxygens (including phenoxy) is 2. The molecule has 12 nitrogen and oxygen atoms in total. The topological polar surface area (TPSA) is 147 Å². The van der Waals surface area contributed by atoms with Gasteiger partial charge in [-0.05, 0) is 38.5 Å². The summed E-state index contributed by atoms with van der Waals surface area (Å²) in [6.07, 6.45) is 33.8. The molecule has 2 N–H and O–H groups in total. The van der Waals surface area contributed by atoms with Crippen molar-refractivity contribution in [2.24, 2.45) is 11.8 Å². The van der Waals surface area contributed by atoms with Gasteiger partial charge in [0, 0.05) is 31.1 Å². The molecule has 1 saturated carbocycles.